The van der Waals surface area contributed by atoms with Crippen molar-refractivity contribution in [2.75, 3.05) is 6.54 Å². The first-order valence-corrected chi connectivity index (χ1v) is 5.96. The average molecular weight is 250 g/mol. The van der Waals surface area contributed by atoms with Crippen LogP contribution >= 0.6 is 0 Å². The van der Waals surface area contributed by atoms with Crippen molar-refractivity contribution in [2.45, 2.75) is 20.3 Å². The third kappa shape index (κ3) is 2.48. The Morgan fingerprint density at radius 1 is 1.28 bits per heavy atom. The molecule has 0 bridgehead atoms. The molecule has 2 nitrogen and oxygen atoms in total. The van der Waals surface area contributed by atoms with Crippen LogP contribution in [-0.4, -0.2) is 11.5 Å². The molecular formula is C14H16F2N2. The van der Waals surface area contributed by atoms with E-state index in [-0.39, 0.29) is 11.4 Å². The highest BCUT2D eigenvalue weighted by Gasteiger charge is 2.12. The zero-order chi connectivity index (χ0) is 13.3. The SMILES string of the molecule is Cc1cc(CC(C)CN)c2cc(F)cc(F)c2n1. The first-order valence-electron chi connectivity index (χ1n) is 5.96. The van der Waals surface area contributed by atoms with Crippen LogP contribution in [0.5, 0.6) is 0 Å². The van der Waals surface area contributed by atoms with Gasteiger partial charge < -0.3 is 5.73 Å². The summed E-state index contributed by atoms with van der Waals surface area (Å²) in [5.74, 6) is -0.927. The lowest BCUT2D eigenvalue weighted by atomic mass is 9.97. The van der Waals surface area contributed by atoms with E-state index in [0.29, 0.717) is 18.4 Å². The summed E-state index contributed by atoms with van der Waals surface area (Å²) in [6, 6.07) is 4.07. The van der Waals surface area contributed by atoms with Gasteiger partial charge in [-0.1, -0.05) is 6.92 Å². The molecule has 0 aliphatic rings. The van der Waals surface area contributed by atoms with E-state index in [1.165, 1.54) is 6.07 Å². The summed E-state index contributed by atoms with van der Waals surface area (Å²) in [4.78, 5) is 4.14. The lowest BCUT2D eigenvalue weighted by molar-refractivity contribution is 0.585. The molecule has 0 spiro atoms. The van der Waals surface area contributed by atoms with Crippen molar-refractivity contribution < 1.29 is 8.78 Å². The topological polar surface area (TPSA) is 38.9 Å². The molecule has 1 heterocycles. The van der Waals surface area contributed by atoms with Gasteiger partial charge in [-0.05, 0) is 43.5 Å². The molecule has 1 atom stereocenters. The second-order valence-electron chi connectivity index (χ2n) is 4.75. The number of pyridine rings is 1. The minimum absolute atomic E-state index is 0.232. The Labute approximate surface area is 105 Å². The Morgan fingerprint density at radius 2 is 2.00 bits per heavy atom. The van der Waals surface area contributed by atoms with E-state index >= 15 is 0 Å². The predicted octanol–water partition coefficient (Wildman–Crippen LogP) is 2.96. The van der Waals surface area contributed by atoms with E-state index in [1.807, 2.05) is 13.0 Å². The maximum absolute atomic E-state index is 13.7. The van der Waals surface area contributed by atoms with Gasteiger partial charge in [-0.15, -0.1) is 0 Å². The third-order valence-corrected chi connectivity index (χ3v) is 3.02. The van der Waals surface area contributed by atoms with Crippen molar-refractivity contribution in [3.8, 4) is 0 Å². The Hall–Kier alpha value is -1.55. The van der Waals surface area contributed by atoms with E-state index in [1.54, 1.807) is 6.92 Å². The van der Waals surface area contributed by atoms with Gasteiger partial charge in [0, 0.05) is 17.1 Å². The molecule has 4 heteroatoms. The van der Waals surface area contributed by atoms with Crippen LogP contribution in [0.3, 0.4) is 0 Å². The smallest absolute Gasteiger partial charge is 0.152 e. The molecule has 0 saturated carbocycles. The highest BCUT2D eigenvalue weighted by molar-refractivity contribution is 5.83. The minimum atomic E-state index is -0.615. The Balaban J connectivity index is 2.64. The number of aromatic nitrogens is 1. The zero-order valence-electron chi connectivity index (χ0n) is 10.5. The van der Waals surface area contributed by atoms with E-state index in [2.05, 4.69) is 4.98 Å². The van der Waals surface area contributed by atoms with E-state index in [4.69, 9.17) is 5.73 Å². The van der Waals surface area contributed by atoms with Gasteiger partial charge >= 0.3 is 0 Å². The average Bonchev–Trinajstić information content (AvgIpc) is 2.30. The molecule has 0 radical (unpaired) electrons. The number of aryl methyl sites for hydroxylation is 1. The highest BCUT2D eigenvalue weighted by Crippen LogP contribution is 2.24. The van der Waals surface area contributed by atoms with Gasteiger partial charge in [0.1, 0.15) is 11.3 Å². The van der Waals surface area contributed by atoms with Crippen molar-refractivity contribution in [2.24, 2.45) is 11.7 Å². The van der Waals surface area contributed by atoms with Gasteiger partial charge in [0.25, 0.3) is 0 Å². The number of hydrogen-bond donors (Lipinski definition) is 1. The number of hydrogen-bond acceptors (Lipinski definition) is 2. The van der Waals surface area contributed by atoms with Crippen molar-refractivity contribution in [1.82, 2.24) is 4.98 Å². The van der Waals surface area contributed by atoms with E-state index in [9.17, 15) is 8.78 Å². The van der Waals surface area contributed by atoms with Crippen LogP contribution in [0, 0.1) is 24.5 Å². The first kappa shape index (κ1) is 12.9. The molecule has 1 aromatic heterocycles. The quantitative estimate of drug-likeness (QED) is 0.909. The maximum atomic E-state index is 13.7. The lowest BCUT2D eigenvalue weighted by Gasteiger charge is -2.12. The molecule has 1 aromatic carbocycles. The van der Waals surface area contributed by atoms with Crippen LogP contribution in [0.2, 0.25) is 0 Å². The molecule has 18 heavy (non-hydrogen) atoms. The summed E-state index contributed by atoms with van der Waals surface area (Å²) < 4.78 is 27.0. The fraction of sp³-hybridized carbons (Fsp3) is 0.357. The van der Waals surface area contributed by atoms with Crippen LogP contribution in [0.1, 0.15) is 18.2 Å². The molecular weight excluding hydrogens is 234 g/mol. The molecule has 96 valence electrons. The van der Waals surface area contributed by atoms with Crippen molar-refractivity contribution in [3.05, 3.63) is 41.1 Å². The van der Waals surface area contributed by atoms with Gasteiger partial charge in [0.05, 0.1) is 0 Å². The predicted molar refractivity (Wildman–Crippen MR) is 68.3 cm³/mol. The van der Waals surface area contributed by atoms with Crippen LogP contribution in [0.25, 0.3) is 10.9 Å². The van der Waals surface area contributed by atoms with E-state index < -0.39 is 11.6 Å². The number of rotatable bonds is 3. The van der Waals surface area contributed by atoms with Crippen LogP contribution in [0.4, 0.5) is 8.78 Å². The maximum Gasteiger partial charge on any atom is 0.152 e. The minimum Gasteiger partial charge on any atom is -0.330 e. The summed E-state index contributed by atoms with van der Waals surface area (Å²) >= 11 is 0. The molecule has 2 aromatic rings. The molecule has 0 aliphatic heterocycles. The number of nitrogens with zero attached hydrogens (tertiary/aromatic N) is 1. The monoisotopic (exact) mass is 250 g/mol. The van der Waals surface area contributed by atoms with Crippen molar-refractivity contribution >= 4 is 10.9 Å². The molecule has 0 saturated heterocycles. The molecule has 0 aliphatic carbocycles. The Morgan fingerprint density at radius 3 is 2.67 bits per heavy atom. The van der Waals surface area contributed by atoms with Crippen LogP contribution in [-0.2, 0) is 6.42 Å². The van der Waals surface area contributed by atoms with Gasteiger partial charge in [0.2, 0.25) is 0 Å². The van der Waals surface area contributed by atoms with E-state index in [0.717, 1.165) is 17.3 Å². The largest absolute Gasteiger partial charge is 0.330 e. The lowest BCUT2D eigenvalue weighted by Crippen LogP contribution is -2.13. The van der Waals surface area contributed by atoms with Crippen LogP contribution in [0.15, 0.2) is 18.2 Å². The standard InChI is InChI=1S/C14H16F2N2/c1-8(7-17)3-10-4-9(2)18-14-12(10)5-11(15)6-13(14)16/h4-6,8H,3,7,17H2,1-2H3. The fourth-order valence-corrected chi connectivity index (χ4v) is 2.09. The molecule has 0 amide bonds. The van der Waals surface area contributed by atoms with Crippen molar-refractivity contribution in [3.63, 3.8) is 0 Å². The number of halogens is 2. The van der Waals surface area contributed by atoms with Crippen molar-refractivity contribution in [1.29, 1.82) is 0 Å². The second kappa shape index (κ2) is 4.98. The second-order valence-corrected chi connectivity index (χ2v) is 4.75. The molecule has 2 N–H and O–H groups in total. The molecule has 2 rings (SSSR count). The fourth-order valence-electron chi connectivity index (χ4n) is 2.09. The highest BCUT2D eigenvalue weighted by atomic mass is 19.1. The zero-order valence-corrected chi connectivity index (χ0v) is 10.5. The van der Waals surface area contributed by atoms with Gasteiger partial charge in [-0.2, -0.15) is 0 Å². The summed E-state index contributed by atoms with van der Waals surface area (Å²) in [6.45, 7) is 4.36. The molecule has 0 fully saturated rings. The summed E-state index contributed by atoms with van der Waals surface area (Å²) in [5, 5.41) is 0.540. The Kier molecular flexibility index (Phi) is 3.57. The molecule has 1 unspecified atom stereocenters. The number of fused-ring (bicyclic) bond motifs is 1. The third-order valence-electron chi connectivity index (χ3n) is 3.02. The van der Waals surface area contributed by atoms with Crippen LogP contribution < -0.4 is 5.73 Å². The van der Waals surface area contributed by atoms with Gasteiger partial charge in [-0.3, -0.25) is 4.98 Å². The summed E-state index contributed by atoms with van der Waals surface area (Å²) in [7, 11) is 0. The van der Waals surface area contributed by atoms with Gasteiger partial charge in [0.15, 0.2) is 5.82 Å². The normalized spacial score (nSPS) is 12.9. The first-order chi connectivity index (χ1) is 8.51. The summed E-state index contributed by atoms with van der Waals surface area (Å²) in [6.07, 6.45) is 0.694. The van der Waals surface area contributed by atoms with Gasteiger partial charge in [-0.25, -0.2) is 8.78 Å². The summed E-state index contributed by atoms with van der Waals surface area (Å²) in [5.41, 5.74) is 7.46. The number of benzene rings is 1. The number of nitrogens with two attached hydrogens (primary N) is 1. The Bertz CT molecular complexity index is 582.